The first-order chi connectivity index (χ1) is 6.81. The minimum Gasteiger partial charge on any atom is -0.264 e. The van der Waals surface area contributed by atoms with Gasteiger partial charge in [0.15, 0.2) is 0 Å². The van der Waals surface area contributed by atoms with E-state index >= 15 is 0 Å². The molecule has 0 radical (unpaired) electrons. The number of thiazole rings is 1. The zero-order valence-electron chi connectivity index (χ0n) is 7.70. The summed E-state index contributed by atoms with van der Waals surface area (Å²) >= 11 is 5.17. The number of nitrogens with zero attached hydrogens (tertiary/aromatic N) is 2. The van der Waals surface area contributed by atoms with Gasteiger partial charge >= 0.3 is 0 Å². The Bertz CT molecular complexity index is 425. The molecule has 14 heavy (non-hydrogen) atoms. The monoisotopic (exact) mass is 268 g/mol. The lowest BCUT2D eigenvalue weighted by atomic mass is 10.3. The van der Waals surface area contributed by atoms with Crippen molar-refractivity contribution in [2.75, 3.05) is 0 Å². The molecule has 0 atom stereocenters. The number of aryl methyl sites for hydroxylation is 1. The van der Waals surface area contributed by atoms with E-state index in [-0.39, 0.29) is 0 Å². The van der Waals surface area contributed by atoms with Crippen LogP contribution in [0.2, 0.25) is 0 Å². The van der Waals surface area contributed by atoms with E-state index in [9.17, 15) is 0 Å². The topological polar surface area (TPSA) is 25.8 Å². The number of aromatic nitrogens is 2. The van der Waals surface area contributed by atoms with Crippen molar-refractivity contribution in [2.45, 2.75) is 13.3 Å². The van der Waals surface area contributed by atoms with Gasteiger partial charge in [-0.25, -0.2) is 4.98 Å². The molecule has 0 fully saturated rings. The maximum absolute atomic E-state index is 4.45. The van der Waals surface area contributed by atoms with E-state index in [0.29, 0.717) is 0 Å². The van der Waals surface area contributed by atoms with Crippen molar-refractivity contribution in [3.63, 3.8) is 0 Å². The average molecular weight is 269 g/mol. The Morgan fingerprint density at radius 3 is 2.93 bits per heavy atom. The quantitative estimate of drug-likeness (QED) is 0.833. The van der Waals surface area contributed by atoms with Crippen molar-refractivity contribution in [3.8, 4) is 10.6 Å². The third kappa shape index (κ3) is 1.86. The van der Waals surface area contributed by atoms with Crippen molar-refractivity contribution in [1.29, 1.82) is 0 Å². The average Bonchev–Trinajstić information content (AvgIpc) is 2.61. The van der Waals surface area contributed by atoms with Crippen molar-refractivity contribution < 1.29 is 0 Å². The lowest BCUT2D eigenvalue weighted by molar-refractivity contribution is 1.15. The normalized spacial score (nSPS) is 10.4. The van der Waals surface area contributed by atoms with Crippen LogP contribution in [0.5, 0.6) is 0 Å². The van der Waals surface area contributed by atoms with Crippen LogP contribution in [0.3, 0.4) is 0 Å². The molecule has 4 heteroatoms. The fourth-order valence-electron chi connectivity index (χ4n) is 1.16. The van der Waals surface area contributed by atoms with Crippen LogP contribution in [-0.2, 0) is 6.42 Å². The SMILES string of the molecule is CCc1sc(-c2cccnc2)nc1Br. The van der Waals surface area contributed by atoms with Crippen molar-refractivity contribution in [3.05, 3.63) is 34.0 Å². The highest BCUT2D eigenvalue weighted by Crippen LogP contribution is 2.30. The lowest BCUT2D eigenvalue weighted by Gasteiger charge is -1.91. The highest BCUT2D eigenvalue weighted by atomic mass is 79.9. The van der Waals surface area contributed by atoms with Crippen molar-refractivity contribution in [1.82, 2.24) is 9.97 Å². The molecule has 72 valence electrons. The summed E-state index contributed by atoms with van der Waals surface area (Å²) in [5.41, 5.74) is 1.08. The fraction of sp³-hybridized carbons (Fsp3) is 0.200. The molecule has 0 unspecified atom stereocenters. The molecule has 0 aromatic carbocycles. The van der Waals surface area contributed by atoms with Gasteiger partial charge in [-0.05, 0) is 34.5 Å². The van der Waals surface area contributed by atoms with Gasteiger partial charge in [0.1, 0.15) is 9.61 Å². The number of rotatable bonds is 2. The van der Waals surface area contributed by atoms with Gasteiger partial charge in [-0.3, -0.25) is 4.98 Å². The molecule has 0 bridgehead atoms. The minimum atomic E-state index is 0.962. The predicted octanol–water partition coefficient (Wildman–Crippen LogP) is 3.53. The Balaban J connectivity index is 2.43. The molecular weight excluding hydrogens is 260 g/mol. The Hall–Kier alpha value is -0.740. The summed E-state index contributed by atoms with van der Waals surface area (Å²) in [4.78, 5) is 9.81. The van der Waals surface area contributed by atoms with E-state index in [1.54, 1.807) is 17.5 Å². The largest absolute Gasteiger partial charge is 0.264 e. The van der Waals surface area contributed by atoms with Gasteiger partial charge in [0.05, 0.1) is 0 Å². The highest BCUT2D eigenvalue weighted by Gasteiger charge is 2.08. The summed E-state index contributed by atoms with van der Waals surface area (Å²) in [5.74, 6) is 0. The second-order valence-electron chi connectivity index (χ2n) is 2.83. The molecule has 0 aliphatic heterocycles. The molecule has 0 N–H and O–H groups in total. The fourth-order valence-corrected chi connectivity index (χ4v) is 2.86. The van der Waals surface area contributed by atoms with Gasteiger partial charge in [-0.15, -0.1) is 11.3 Å². The first kappa shape index (κ1) is 9.80. The standard InChI is InChI=1S/C10H9BrN2S/c1-2-8-9(11)13-10(14-8)7-4-3-5-12-6-7/h3-6H,2H2,1H3. The minimum absolute atomic E-state index is 0.962. The van der Waals surface area contributed by atoms with Gasteiger partial charge < -0.3 is 0 Å². The van der Waals surface area contributed by atoms with Crippen LogP contribution >= 0.6 is 27.3 Å². The van der Waals surface area contributed by atoms with Crippen LogP contribution in [0.25, 0.3) is 10.6 Å². The Morgan fingerprint density at radius 2 is 2.36 bits per heavy atom. The van der Waals surface area contributed by atoms with E-state index < -0.39 is 0 Å². The van der Waals surface area contributed by atoms with Crippen molar-refractivity contribution >= 4 is 27.3 Å². The molecule has 2 heterocycles. The molecule has 0 aliphatic rings. The third-order valence-corrected chi connectivity index (χ3v) is 4.05. The van der Waals surface area contributed by atoms with Gasteiger partial charge in [0.25, 0.3) is 0 Å². The first-order valence-electron chi connectivity index (χ1n) is 4.37. The Morgan fingerprint density at radius 1 is 1.50 bits per heavy atom. The van der Waals surface area contributed by atoms with E-state index in [1.807, 2.05) is 18.3 Å². The van der Waals surface area contributed by atoms with Crippen LogP contribution in [-0.4, -0.2) is 9.97 Å². The molecule has 0 aliphatic carbocycles. The number of pyridine rings is 1. The zero-order chi connectivity index (χ0) is 9.97. The van der Waals surface area contributed by atoms with Gasteiger partial charge in [-0.1, -0.05) is 6.92 Å². The van der Waals surface area contributed by atoms with E-state index in [4.69, 9.17) is 0 Å². The summed E-state index contributed by atoms with van der Waals surface area (Å²) in [7, 11) is 0. The lowest BCUT2D eigenvalue weighted by Crippen LogP contribution is -1.76. The van der Waals surface area contributed by atoms with Crippen LogP contribution in [0, 0.1) is 0 Å². The summed E-state index contributed by atoms with van der Waals surface area (Å²) in [6.45, 7) is 2.13. The maximum atomic E-state index is 4.45. The summed E-state index contributed by atoms with van der Waals surface area (Å²) in [6.07, 6.45) is 4.62. The van der Waals surface area contributed by atoms with Crippen LogP contribution < -0.4 is 0 Å². The van der Waals surface area contributed by atoms with Crippen LogP contribution in [0.1, 0.15) is 11.8 Å². The highest BCUT2D eigenvalue weighted by molar-refractivity contribution is 9.10. The zero-order valence-corrected chi connectivity index (χ0v) is 10.1. The van der Waals surface area contributed by atoms with Crippen LogP contribution in [0.4, 0.5) is 0 Å². The number of hydrogen-bond donors (Lipinski definition) is 0. The smallest absolute Gasteiger partial charge is 0.126 e. The summed E-state index contributed by atoms with van der Waals surface area (Å²) in [6, 6.07) is 3.95. The van der Waals surface area contributed by atoms with Gasteiger partial charge in [-0.2, -0.15) is 0 Å². The van der Waals surface area contributed by atoms with Crippen molar-refractivity contribution in [2.24, 2.45) is 0 Å². The van der Waals surface area contributed by atoms with Gasteiger partial charge in [0.2, 0.25) is 0 Å². The van der Waals surface area contributed by atoms with Crippen LogP contribution in [0.15, 0.2) is 29.1 Å². The maximum Gasteiger partial charge on any atom is 0.126 e. The third-order valence-electron chi connectivity index (χ3n) is 1.88. The second-order valence-corrected chi connectivity index (χ2v) is 4.66. The number of hydrogen-bond acceptors (Lipinski definition) is 3. The van der Waals surface area contributed by atoms with Gasteiger partial charge in [0, 0.05) is 22.8 Å². The molecule has 2 aromatic heterocycles. The van der Waals surface area contributed by atoms with E-state index in [0.717, 1.165) is 21.6 Å². The molecule has 0 saturated carbocycles. The Kier molecular flexibility index (Phi) is 2.93. The summed E-state index contributed by atoms with van der Waals surface area (Å²) < 4.78 is 0.962. The predicted molar refractivity (Wildman–Crippen MR) is 62.4 cm³/mol. The van der Waals surface area contributed by atoms with E-state index in [2.05, 4.69) is 32.8 Å². The molecule has 0 saturated heterocycles. The molecule has 0 spiro atoms. The Labute approximate surface area is 95.2 Å². The number of halogens is 1. The second kappa shape index (κ2) is 4.19. The molecule has 2 aromatic rings. The molecule has 2 nitrogen and oxygen atoms in total. The molecule has 0 amide bonds. The molecule has 2 rings (SSSR count). The first-order valence-corrected chi connectivity index (χ1v) is 5.98. The molecular formula is C10H9BrN2S. The summed E-state index contributed by atoms with van der Waals surface area (Å²) in [5, 5.41) is 1.03. The van der Waals surface area contributed by atoms with E-state index in [1.165, 1.54) is 4.88 Å².